The summed E-state index contributed by atoms with van der Waals surface area (Å²) in [7, 11) is 0. The largest absolute Gasteiger partial charge is 0.492 e. The molecule has 2 aromatic rings. The predicted molar refractivity (Wildman–Crippen MR) is 84.9 cm³/mol. The Labute approximate surface area is 134 Å². The van der Waals surface area contributed by atoms with E-state index < -0.39 is 0 Å². The fraction of sp³-hybridized carbons (Fsp3) is 0.235. The van der Waals surface area contributed by atoms with Gasteiger partial charge in [0.1, 0.15) is 11.6 Å². The minimum Gasteiger partial charge on any atom is -0.492 e. The number of nitrogens with one attached hydrogen (secondary N) is 1. The molecule has 5 heteroatoms. The standard InChI is InChI=1S/C17H17ClFNO2/c1-3-22-16-9-6-13(10-15(16)18)17(21)20-11(2)12-4-7-14(19)8-5-12/h4-11H,3H2,1-2H3,(H,20,21)/t11-/m0/s1. The first kappa shape index (κ1) is 16.3. The fourth-order valence-electron chi connectivity index (χ4n) is 2.03. The smallest absolute Gasteiger partial charge is 0.251 e. The van der Waals surface area contributed by atoms with Gasteiger partial charge in [-0.05, 0) is 49.7 Å². The van der Waals surface area contributed by atoms with Crippen LogP contribution in [0.25, 0.3) is 0 Å². The van der Waals surface area contributed by atoms with Crippen molar-refractivity contribution in [3.8, 4) is 5.75 Å². The summed E-state index contributed by atoms with van der Waals surface area (Å²) in [6.45, 7) is 4.20. The highest BCUT2D eigenvalue weighted by Crippen LogP contribution is 2.25. The van der Waals surface area contributed by atoms with Crippen molar-refractivity contribution < 1.29 is 13.9 Å². The van der Waals surface area contributed by atoms with Crippen LogP contribution < -0.4 is 10.1 Å². The van der Waals surface area contributed by atoms with Crippen molar-refractivity contribution in [2.75, 3.05) is 6.61 Å². The van der Waals surface area contributed by atoms with E-state index in [9.17, 15) is 9.18 Å². The van der Waals surface area contributed by atoms with E-state index in [1.165, 1.54) is 12.1 Å². The van der Waals surface area contributed by atoms with Crippen molar-refractivity contribution in [2.45, 2.75) is 19.9 Å². The number of hydrogen-bond acceptors (Lipinski definition) is 2. The van der Waals surface area contributed by atoms with Crippen molar-refractivity contribution in [3.05, 3.63) is 64.4 Å². The Morgan fingerprint density at radius 2 is 1.95 bits per heavy atom. The molecule has 2 rings (SSSR count). The SMILES string of the molecule is CCOc1ccc(C(=O)N[C@@H](C)c2ccc(F)cc2)cc1Cl. The predicted octanol–water partition coefficient (Wildman–Crippen LogP) is 4.37. The Balaban J connectivity index is 2.08. The minimum atomic E-state index is -0.305. The second-order valence-corrected chi connectivity index (χ2v) is 5.23. The van der Waals surface area contributed by atoms with Gasteiger partial charge in [0.25, 0.3) is 5.91 Å². The first-order valence-corrected chi connectivity index (χ1v) is 7.37. The molecule has 1 N–H and O–H groups in total. The third kappa shape index (κ3) is 3.98. The van der Waals surface area contributed by atoms with Gasteiger partial charge in [0.15, 0.2) is 0 Å². The molecule has 2 aromatic carbocycles. The Kier molecular flexibility index (Phi) is 5.39. The summed E-state index contributed by atoms with van der Waals surface area (Å²) in [6, 6.07) is 10.7. The monoisotopic (exact) mass is 321 g/mol. The molecule has 0 saturated carbocycles. The number of rotatable bonds is 5. The summed E-state index contributed by atoms with van der Waals surface area (Å²) in [5, 5.41) is 3.24. The van der Waals surface area contributed by atoms with Gasteiger partial charge in [0, 0.05) is 5.56 Å². The molecule has 0 radical (unpaired) electrons. The highest BCUT2D eigenvalue weighted by Gasteiger charge is 2.13. The topological polar surface area (TPSA) is 38.3 Å². The fourth-order valence-corrected chi connectivity index (χ4v) is 2.26. The number of carbonyl (C=O) groups is 1. The van der Waals surface area contributed by atoms with Crippen LogP contribution in [0.4, 0.5) is 4.39 Å². The van der Waals surface area contributed by atoms with E-state index in [2.05, 4.69) is 5.32 Å². The van der Waals surface area contributed by atoms with Crippen LogP contribution >= 0.6 is 11.6 Å². The zero-order chi connectivity index (χ0) is 16.1. The number of carbonyl (C=O) groups excluding carboxylic acids is 1. The lowest BCUT2D eigenvalue weighted by atomic mass is 10.1. The maximum Gasteiger partial charge on any atom is 0.251 e. The summed E-state index contributed by atoms with van der Waals surface area (Å²) >= 11 is 6.08. The molecular weight excluding hydrogens is 305 g/mol. The van der Waals surface area contributed by atoms with E-state index in [1.807, 2.05) is 13.8 Å². The van der Waals surface area contributed by atoms with Crippen LogP contribution in [0.2, 0.25) is 5.02 Å². The lowest BCUT2D eigenvalue weighted by Crippen LogP contribution is -2.26. The molecule has 0 aromatic heterocycles. The normalized spacial score (nSPS) is 11.8. The molecule has 1 atom stereocenters. The third-order valence-corrected chi connectivity index (χ3v) is 3.51. The molecule has 3 nitrogen and oxygen atoms in total. The number of hydrogen-bond donors (Lipinski definition) is 1. The van der Waals surface area contributed by atoms with Gasteiger partial charge in [0.2, 0.25) is 0 Å². The van der Waals surface area contributed by atoms with Crippen molar-refractivity contribution in [1.29, 1.82) is 0 Å². The molecule has 0 aliphatic carbocycles. The van der Waals surface area contributed by atoms with E-state index in [0.717, 1.165) is 5.56 Å². The number of benzene rings is 2. The molecule has 0 fully saturated rings. The molecule has 0 saturated heterocycles. The van der Waals surface area contributed by atoms with Gasteiger partial charge in [-0.3, -0.25) is 4.79 Å². The Morgan fingerprint density at radius 3 is 2.55 bits per heavy atom. The highest BCUT2D eigenvalue weighted by molar-refractivity contribution is 6.32. The van der Waals surface area contributed by atoms with E-state index in [4.69, 9.17) is 16.3 Å². The molecule has 1 amide bonds. The van der Waals surface area contributed by atoms with E-state index >= 15 is 0 Å². The average molecular weight is 322 g/mol. The van der Waals surface area contributed by atoms with Gasteiger partial charge in [-0.2, -0.15) is 0 Å². The summed E-state index contributed by atoms with van der Waals surface area (Å²) in [5.41, 5.74) is 1.27. The zero-order valence-electron chi connectivity index (χ0n) is 12.4. The number of amides is 1. The lowest BCUT2D eigenvalue weighted by Gasteiger charge is -2.15. The van der Waals surface area contributed by atoms with Crippen LogP contribution in [-0.2, 0) is 0 Å². The van der Waals surface area contributed by atoms with Gasteiger partial charge >= 0.3 is 0 Å². The van der Waals surface area contributed by atoms with Crippen LogP contribution in [0, 0.1) is 5.82 Å². The molecule has 22 heavy (non-hydrogen) atoms. The second kappa shape index (κ2) is 7.27. The van der Waals surface area contributed by atoms with Crippen molar-refractivity contribution in [3.63, 3.8) is 0 Å². The summed E-state index contributed by atoms with van der Waals surface area (Å²) < 4.78 is 18.2. The van der Waals surface area contributed by atoms with Crippen LogP contribution in [0.15, 0.2) is 42.5 Å². The highest BCUT2D eigenvalue weighted by atomic mass is 35.5. The molecule has 0 aliphatic rings. The third-order valence-electron chi connectivity index (χ3n) is 3.21. The molecule has 0 spiro atoms. The lowest BCUT2D eigenvalue weighted by molar-refractivity contribution is 0.0940. The molecular formula is C17H17ClFNO2. The van der Waals surface area contributed by atoms with Crippen LogP contribution in [0.3, 0.4) is 0 Å². The van der Waals surface area contributed by atoms with Crippen molar-refractivity contribution in [1.82, 2.24) is 5.32 Å². The maximum absolute atomic E-state index is 12.9. The van der Waals surface area contributed by atoms with Crippen molar-refractivity contribution >= 4 is 17.5 Å². The van der Waals surface area contributed by atoms with Crippen LogP contribution in [-0.4, -0.2) is 12.5 Å². The van der Waals surface area contributed by atoms with Crippen molar-refractivity contribution in [2.24, 2.45) is 0 Å². The second-order valence-electron chi connectivity index (χ2n) is 4.82. The van der Waals surface area contributed by atoms with Gasteiger partial charge in [0.05, 0.1) is 17.7 Å². The zero-order valence-corrected chi connectivity index (χ0v) is 13.2. The quantitative estimate of drug-likeness (QED) is 0.888. The summed E-state index contributed by atoms with van der Waals surface area (Å²) in [6.07, 6.45) is 0. The van der Waals surface area contributed by atoms with Crippen LogP contribution in [0.1, 0.15) is 35.8 Å². The first-order valence-electron chi connectivity index (χ1n) is 7.00. The van der Waals surface area contributed by atoms with Gasteiger partial charge in [-0.1, -0.05) is 23.7 Å². The van der Waals surface area contributed by atoms with E-state index in [1.54, 1.807) is 30.3 Å². The summed E-state index contributed by atoms with van der Waals surface area (Å²) in [5.74, 6) is -0.00496. The van der Waals surface area contributed by atoms with Gasteiger partial charge in [-0.15, -0.1) is 0 Å². The Hall–Kier alpha value is -2.07. The Bertz CT molecular complexity index is 658. The molecule has 0 bridgehead atoms. The molecule has 0 aliphatic heterocycles. The molecule has 0 heterocycles. The van der Waals surface area contributed by atoms with Gasteiger partial charge < -0.3 is 10.1 Å². The molecule has 0 unspecified atom stereocenters. The van der Waals surface area contributed by atoms with E-state index in [0.29, 0.717) is 22.9 Å². The summed E-state index contributed by atoms with van der Waals surface area (Å²) in [4.78, 5) is 12.2. The first-order chi connectivity index (χ1) is 10.5. The minimum absolute atomic E-state index is 0.238. The Morgan fingerprint density at radius 1 is 1.27 bits per heavy atom. The van der Waals surface area contributed by atoms with Gasteiger partial charge in [-0.25, -0.2) is 4.39 Å². The maximum atomic E-state index is 12.9. The molecule has 116 valence electrons. The van der Waals surface area contributed by atoms with Crippen LogP contribution in [0.5, 0.6) is 5.75 Å². The number of halogens is 2. The van der Waals surface area contributed by atoms with E-state index in [-0.39, 0.29) is 17.8 Å². The average Bonchev–Trinajstić information content (AvgIpc) is 2.50. The number of ether oxygens (including phenoxy) is 1.